The predicted molar refractivity (Wildman–Crippen MR) is 98.4 cm³/mol. The van der Waals surface area contributed by atoms with Crippen molar-refractivity contribution in [2.24, 2.45) is 0 Å². The van der Waals surface area contributed by atoms with E-state index < -0.39 is 0 Å². The second-order valence-electron chi connectivity index (χ2n) is 6.33. The average Bonchev–Trinajstić information content (AvgIpc) is 2.90. The molecule has 26 heavy (non-hydrogen) atoms. The Morgan fingerprint density at radius 2 is 2.08 bits per heavy atom. The number of ether oxygens (including phenoxy) is 1. The number of aromatic nitrogens is 2. The van der Waals surface area contributed by atoms with Crippen molar-refractivity contribution in [2.75, 3.05) is 20.8 Å². The molecule has 1 unspecified atom stereocenters. The lowest BCUT2D eigenvalue weighted by molar-refractivity contribution is 0.182. The van der Waals surface area contributed by atoms with Crippen molar-refractivity contribution in [3.05, 3.63) is 52.6 Å². The van der Waals surface area contributed by atoms with Crippen LogP contribution in [0.4, 0.5) is 9.18 Å². The average molecular weight is 362 g/mol. The highest BCUT2D eigenvalue weighted by Gasteiger charge is 2.20. The number of hydrogen-bond donors (Lipinski definition) is 1. The van der Waals surface area contributed by atoms with Crippen molar-refractivity contribution >= 4 is 6.03 Å². The van der Waals surface area contributed by atoms with Crippen LogP contribution in [0.5, 0.6) is 0 Å². The third-order valence-electron chi connectivity index (χ3n) is 4.71. The van der Waals surface area contributed by atoms with Crippen LogP contribution >= 0.6 is 0 Å². The second-order valence-corrected chi connectivity index (χ2v) is 6.33. The van der Waals surface area contributed by atoms with Gasteiger partial charge >= 0.3 is 6.03 Å². The van der Waals surface area contributed by atoms with Gasteiger partial charge in [0.15, 0.2) is 0 Å². The van der Waals surface area contributed by atoms with Crippen LogP contribution in [0.15, 0.2) is 24.3 Å². The SMILES string of the molecule is COCCn1nc(C)c(CNC(=O)N(C)C(C)c2ccccc2F)c1C. The first-order valence-corrected chi connectivity index (χ1v) is 8.63. The molecule has 2 rings (SSSR count). The summed E-state index contributed by atoms with van der Waals surface area (Å²) >= 11 is 0. The molecule has 7 heteroatoms. The topological polar surface area (TPSA) is 59.4 Å². The van der Waals surface area contributed by atoms with Gasteiger partial charge in [-0.3, -0.25) is 4.68 Å². The number of hydrogen-bond acceptors (Lipinski definition) is 3. The van der Waals surface area contributed by atoms with Crippen molar-refractivity contribution in [3.63, 3.8) is 0 Å². The quantitative estimate of drug-likeness (QED) is 0.823. The highest BCUT2D eigenvalue weighted by atomic mass is 19.1. The standard InChI is InChI=1S/C19H27FN4O2/c1-13-17(15(3)24(22-13)10-11-26-5)12-21-19(25)23(4)14(2)16-8-6-7-9-18(16)20/h6-9,14H,10-12H2,1-5H3,(H,21,25). The largest absolute Gasteiger partial charge is 0.383 e. The highest BCUT2D eigenvalue weighted by Crippen LogP contribution is 2.21. The smallest absolute Gasteiger partial charge is 0.317 e. The maximum Gasteiger partial charge on any atom is 0.317 e. The van der Waals surface area contributed by atoms with Gasteiger partial charge in [0, 0.05) is 37.5 Å². The zero-order valence-corrected chi connectivity index (χ0v) is 16.0. The van der Waals surface area contributed by atoms with Gasteiger partial charge in [0.2, 0.25) is 0 Å². The molecular weight excluding hydrogens is 335 g/mol. The van der Waals surface area contributed by atoms with Crippen LogP contribution < -0.4 is 5.32 Å². The molecule has 0 aliphatic heterocycles. The number of urea groups is 1. The first-order valence-electron chi connectivity index (χ1n) is 8.63. The number of methoxy groups -OCH3 is 1. The van der Waals surface area contributed by atoms with Crippen LogP contribution in [0.2, 0.25) is 0 Å². The third-order valence-corrected chi connectivity index (χ3v) is 4.71. The first-order chi connectivity index (χ1) is 12.4. The molecule has 1 atom stereocenters. The van der Waals surface area contributed by atoms with Gasteiger partial charge in [-0.25, -0.2) is 9.18 Å². The molecule has 6 nitrogen and oxygen atoms in total. The molecule has 0 spiro atoms. The van der Waals surface area contributed by atoms with Crippen molar-refractivity contribution in [1.82, 2.24) is 20.0 Å². The summed E-state index contributed by atoms with van der Waals surface area (Å²) in [5, 5.41) is 7.39. The molecule has 0 fully saturated rings. The summed E-state index contributed by atoms with van der Waals surface area (Å²) in [7, 11) is 3.31. The number of benzene rings is 1. The fourth-order valence-electron chi connectivity index (χ4n) is 2.87. The van der Waals surface area contributed by atoms with Crippen molar-refractivity contribution in [3.8, 4) is 0 Å². The minimum absolute atomic E-state index is 0.260. The molecule has 0 aliphatic rings. The summed E-state index contributed by atoms with van der Waals surface area (Å²) < 4.78 is 20.9. The summed E-state index contributed by atoms with van der Waals surface area (Å²) in [6.07, 6.45) is 0. The van der Waals surface area contributed by atoms with Gasteiger partial charge in [-0.05, 0) is 26.8 Å². The summed E-state index contributed by atoms with van der Waals surface area (Å²) in [5.41, 5.74) is 3.36. The zero-order chi connectivity index (χ0) is 19.3. The molecule has 0 aliphatic carbocycles. The van der Waals surface area contributed by atoms with Gasteiger partial charge in [-0.1, -0.05) is 18.2 Å². The highest BCUT2D eigenvalue weighted by molar-refractivity contribution is 5.74. The van der Waals surface area contributed by atoms with Crippen molar-refractivity contribution in [2.45, 2.75) is 39.9 Å². The van der Waals surface area contributed by atoms with Gasteiger partial charge in [0.05, 0.1) is 24.9 Å². The molecular formula is C19H27FN4O2. The Morgan fingerprint density at radius 3 is 2.73 bits per heavy atom. The minimum atomic E-state index is -0.372. The Hall–Kier alpha value is -2.41. The van der Waals surface area contributed by atoms with Gasteiger partial charge < -0.3 is 15.0 Å². The van der Waals surface area contributed by atoms with Crippen molar-refractivity contribution < 1.29 is 13.9 Å². The molecule has 0 saturated carbocycles. The van der Waals surface area contributed by atoms with Gasteiger partial charge in [-0.15, -0.1) is 0 Å². The Bertz CT molecular complexity index is 760. The lowest BCUT2D eigenvalue weighted by Gasteiger charge is -2.26. The molecule has 142 valence electrons. The minimum Gasteiger partial charge on any atom is -0.383 e. The maximum atomic E-state index is 13.9. The molecule has 1 aromatic carbocycles. The van der Waals surface area contributed by atoms with Crippen LogP contribution in [-0.4, -0.2) is 41.5 Å². The Morgan fingerprint density at radius 1 is 1.38 bits per heavy atom. The second kappa shape index (κ2) is 8.80. The van der Waals surface area contributed by atoms with Crippen molar-refractivity contribution in [1.29, 1.82) is 0 Å². The molecule has 0 radical (unpaired) electrons. The molecule has 1 N–H and O–H groups in total. The number of nitrogens with one attached hydrogen (secondary N) is 1. The van der Waals surface area contributed by atoms with Gasteiger partial charge in [0.25, 0.3) is 0 Å². The van der Waals surface area contributed by atoms with E-state index >= 15 is 0 Å². The van der Waals surface area contributed by atoms with E-state index in [0.717, 1.165) is 17.0 Å². The molecule has 2 amide bonds. The number of amides is 2. The van der Waals surface area contributed by atoms with Gasteiger partial charge in [-0.2, -0.15) is 5.10 Å². The molecule has 2 aromatic rings. The third kappa shape index (κ3) is 4.40. The van der Waals surface area contributed by atoms with Crippen LogP contribution in [0.1, 0.15) is 35.5 Å². The number of carbonyl (C=O) groups is 1. The molecule has 0 saturated heterocycles. The number of rotatable bonds is 7. The fourth-order valence-corrected chi connectivity index (χ4v) is 2.87. The fraction of sp³-hybridized carbons (Fsp3) is 0.474. The van der Waals surface area contributed by atoms with E-state index in [0.29, 0.717) is 25.3 Å². The van der Waals surface area contributed by atoms with E-state index in [-0.39, 0.29) is 17.9 Å². The summed E-state index contributed by atoms with van der Waals surface area (Å²) in [5.74, 6) is -0.314. The summed E-state index contributed by atoms with van der Waals surface area (Å²) in [4.78, 5) is 14.0. The number of aryl methyl sites for hydroxylation is 1. The normalized spacial score (nSPS) is 12.1. The molecule has 1 heterocycles. The number of halogens is 1. The maximum absolute atomic E-state index is 13.9. The van der Waals surface area contributed by atoms with E-state index in [9.17, 15) is 9.18 Å². The molecule has 1 aromatic heterocycles. The Kier molecular flexibility index (Phi) is 6.74. The monoisotopic (exact) mass is 362 g/mol. The van der Waals surface area contributed by atoms with Gasteiger partial charge in [0.1, 0.15) is 5.82 Å². The lowest BCUT2D eigenvalue weighted by atomic mass is 10.1. The Labute approximate surface area is 153 Å². The molecule has 0 bridgehead atoms. The number of nitrogens with zero attached hydrogens (tertiary/aromatic N) is 3. The summed E-state index contributed by atoms with van der Waals surface area (Å²) in [6.45, 7) is 7.32. The Balaban J connectivity index is 2.02. The van der Waals surface area contributed by atoms with E-state index in [1.807, 2.05) is 18.5 Å². The van der Waals surface area contributed by atoms with E-state index in [1.54, 1.807) is 39.3 Å². The van der Waals surface area contributed by atoms with E-state index in [2.05, 4.69) is 10.4 Å². The first kappa shape index (κ1) is 19.9. The van der Waals surface area contributed by atoms with Crippen LogP contribution in [-0.2, 0) is 17.8 Å². The van der Waals surface area contributed by atoms with E-state index in [1.165, 1.54) is 11.0 Å². The van der Waals surface area contributed by atoms with E-state index in [4.69, 9.17) is 4.74 Å². The zero-order valence-electron chi connectivity index (χ0n) is 16.0. The van der Waals surface area contributed by atoms with Crippen LogP contribution in [0, 0.1) is 19.7 Å². The number of carbonyl (C=O) groups excluding carboxylic acids is 1. The van der Waals surface area contributed by atoms with Crippen LogP contribution in [0.25, 0.3) is 0 Å². The summed E-state index contributed by atoms with van der Waals surface area (Å²) in [6, 6.07) is 5.86. The predicted octanol–water partition coefficient (Wildman–Crippen LogP) is 3.19. The van der Waals surface area contributed by atoms with Crippen LogP contribution in [0.3, 0.4) is 0 Å². The lowest BCUT2D eigenvalue weighted by Crippen LogP contribution is -2.38.